The topological polar surface area (TPSA) is 68.5 Å². The number of methoxy groups -OCH3 is 1. The summed E-state index contributed by atoms with van der Waals surface area (Å²) in [6.45, 7) is 1.45. The van der Waals surface area contributed by atoms with Gasteiger partial charge in [-0.2, -0.15) is 0 Å². The minimum atomic E-state index is -0.135. The van der Waals surface area contributed by atoms with Gasteiger partial charge in [0.25, 0.3) is 0 Å². The van der Waals surface area contributed by atoms with Crippen molar-refractivity contribution in [2.24, 2.45) is 0 Å². The maximum absolute atomic E-state index is 12.3. The zero-order valence-corrected chi connectivity index (χ0v) is 12.8. The van der Waals surface area contributed by atoms with Crippen LogP contribution in [0.1, 0.15) is 6.92 Å². The Hall–Kier alpha value is -3.08. The summed E-state index contributed by atoms with van der Waals surface area (Å²) in [6.07, 6.45) is 0. The van der Waals surface area contributed by atoms with E-state index in [4.69, 9.17) is 9.15 Å². The summed E-state index contributed by atoms with van der Waals surface area (Å²) in [5.74, 6) is 0.947. The SMILES string of the molecule is COc1ccc2oc(-c3ccc(NC(C)=O)cc3)cc(=O)c2c1. The summed E-state index contributed by atoms with van der Waals surface area (Å²) in [6, 6.07) is 13.7. The van der Waals surface area contributed by atoms with E-state index < -0.39 is 0 Å². The van der Waals surface area contributed by atoms with Crippen LogP contribution < -0.4 is 15.5 Å². The average molecular weight is 309 g/mol. The summed E-state index contributed by atoms with van der Waals surface area (Å²) >= 11 is 0. The fourth-order valence-electron chi connectivity index (χ4n) is 2.33. The number of rotatable bonds is 3. The third-order valence-electron chi connectivity index (χ3n) is 3.42. The van der Waals surface area contributed by atoms with Crippen LogP contribution in [0.25, 0.3) is 22.3 Å². The van der Waals surface area contributed by atoms with Crippen molar-refractivity contribution < 1.29 is 13.9 Å². The lowest BCUT2D eigenvalue weighted by Crippen LogP contribution is -2.05. The fraction of sp³-hybridized carbons (Fsp3) is 0.111. The van der Waals surface area contributed by atoms with Crippen molar-refractivity contribution in [2.75, 3.05) is 12.4 Å². The molecule has 0 bridgehead atoms. The van der Waals surface area contributed by atoms with Crippen molar-refractivity contribution in [1.29, 1.82) is 0 Å². The summed E-state index contributed by atoms with van der Waals surface area (Å²) < 4.78 is 10.9. The fourth-order valence-corrected chi connectivity index (χ4v) is 2.33. The van der Waals surface area contributed by atoms with Crippen molar-refractivity contribution >= 4 is 22.6 Å². The molecule has 1 heterocycles. The second-order valence-electron chi connectivity index (χ2n) is 5.10. The van der Waals surface area contributed by atoms with Gasteiger partial charge >= 0.3 is 0 Å². The van der Waals surface area contributed by atoms with Gasteiger partial charge in [0.1, 0.15) is 17.1 Å². The number of carbonyl (C=O) groups is 1. The molecule has 0 spiro atoms. The van der Waals surface area contributed by atoms with E-state index in [0.717, 1.165) is 5.56 Å². The molecule has 0 aliphatic rings. The van der Waals surface area contributed by atoms with Crippen molar-refractivity contribution in [1.82, 2.24) is 0 Å². The van der Waals surface area contributed by atoms with E-state index in [1.165, 1.54) is 13.0 Å². The highest BCUT2D eigenvalue weighted by Gasteiger charge is 2.08. The van der Waals surface area contributed by atoms with E-state index >= 15 is 0 Å². The van der Waals surface area contributed by atoms with Gasteiger partial charge in [-0.1, -0.05) is 0 Å². The Kier molecular flexibility index (Phi) is 3.85. The van der Waals surface area contributed by atoms with Crippen LogP contribution in [0.3, 0.4) is 0 Å². The minimum absolute atomic E-state index is 0.133. The molecule has 2 aromatic carbocycles. The van der Waals surface area contributed by atoms with Crippen LogP contribution in [0, 0.1) is 0 Å². The lowest BCUT2D eigenvalue weighted by molar-refractivity contribution is -0.114. The Morgan fingerprint density at radius 2 is 1.83 bits per heavy atom. The predicted octanol–water partition coefficient (Wildman–Crippen LogP) is 3.43. The molecule has 0 saturated heterocycles. The maximum Gasteiger partial charge on any atom is 0.221 e. The summed E-state index contributed by atoms with van der Waals surface area (Å²) in [7, 11) is 1.55. The van der Waals surface area contributed by atoms with Gasteiger partial charge < -0.3 is 14.5 Å². The molecule has 3 aromatic rings. The van der Waals surface area contributed by atoms with Crippen LogP contribution in [0.15, 0.2) is 57.7 Å². The normalized spacial score (nSPS) is 10.5. The highest BCUT2D eigenvalue weighted by molar-refractivity contribution is 5.89. The molecule has 0 saturated carbocycles. The van der Waals surface area contributed by atoms with Gasteiger partial charge in [0.15, 0.2) is 5.43 Å². The van der Waals surface area contributed by atoms with Crippen LogP contribution in [-0.4, -0.2) is 13.0 Å². The number of anilines is 1. The molecule has 0 aliphatic carbocycles. The van der Waals surface area contributed by atoms with Crippen molar-refractivity contribution in [3.63, 3.8) is 0 Å². The number of amides is 1. The second kappa shape index (κ2) is 5.96. The molecule has 1 amide bonds. The summed E-state index contributed by atoms with van der Waals surface area (Å²) in [5.41, 5.74) is 1.81. The molecule has 23 heavy (non-hydrogen) atoms. The molecule has 0 fully saturated rings. The van der Waals surface area contributed by atoms with E-state index in [-0.39, 0.29) is 11.3 Å². The maximum atomic E-state index is 12.3. The first-order chi connectivity index (χ1) is 11.1. The van der Waals surface area contributed by atoms with Crippen LogP contribution >= 0.6 is 0 Å². The summed E-state index contributed by atoms with van der Waals surface area (Å²) in [4.78, 5) is 23.3. The molecule has 5 nitrogen and oxygen atoms in total. The molecule has 1 N–H and O–H groups in total. The first kappa shape index (κ1) is 14.8. The predicted molar refractivity (Wildman–Crippen MR) is 88.8 cm³/mol. The number of fused-ring (bicyclic) bond motifs is 1. The Morgan fingerprint density at radius 1 is 1.09 bits per heavy atom. The van der Waals surface area contributed by atoms with E-state index in [1.807, 2.05) is 0 Å². The van der Waals surface area contributed by atoms with E-state index in [9.17, 15) is 9.59 Å². The monoisotopic (exact) mass is 309 g/mol. The molecular formula is C18H15NO4. The molecule has 3 rings (SSSR count). The lowest BCUT2D eigenvalue weighted by Gasteiger charge is -2.06. The molecular weight excluding hydrogens is 294 g/mol. The molecule has 0 unspecified atom stereocenters. The van der Waals surface area contributed by atoms with Gasteiger partial charge in [0, 0.05) is 24.2 Å². The number of benzene rings is 2. The molecule has 1 aromatic heterocycles. The molecule has 0 aliphatic heterocycles. The van der Waals surface area contributed by atoms with E-state index in [1.54, 1.807) is 49.6 Å². The molecule has 0 atom stereocenters. The van der Waals surface area contributed by atoms with Crippen molar-refractivity contribution in [2.45, 2.75) is 6.92 Å². The highest BCUT2D eigenvalue weighted by atomic mass is 16.5. The quantitative estimate of drug-likeness (QED) is 0.805. The van der Waals surface area contributed by atoms with Crippen LogP contribution in [-0.2, 0) is 4.79 Å². The van der Waals surface area contributed by atoms with Crippen LogP contribution in [0.5, 0.6) is 5.75 Å². The number of hydrogen-bond donors (Lipinski definition) is 1. The third kappa shape index (κ3) is 3.08. The third-order valence-corrected chi connectivity index (χ3v) is 3.42. The average Bonchev–Trinajstić information content (AvgIpc) is 2.54. The Morgan fingerprint density at radius 3 is 2.48 bits per heavy atom. The smallest absolute Gasteiger partial charge is 0.221 e. The van der Waals surface area contributed by atoms with Gasteiger partial charge in [0.2, 0.25) is 5.91 Å². The Balaban J connectivity index is 2.03. The van der Waals surface area contributed by atoms with Crippen molar-refractivity contribution in [3.05, 3.63) is 58.8 Å². The minimum Gasteiger partial charge on any atom is -0.497 e. The van der Waals surface area contributed by atoms with Crippen LogP contribution in [0.2, 0.25) is 0 Å². The van der Waals surface area contributed by atoms with E-state index in [2.05, 4.69) is 5.32 Å². The Labute approximate surface area is 132 Å². The molecule has 116 valence electrons. The number of nitrogens with one attached hydrogen (secondary N) is 1. The number of carbonyl (C=O) groups excluding carboxylic acids is 1. The zero-order chi connectivity index (χ0) is 16.4. The first-order valence-electron chi connectivity index (χ1n) is 7.07. The number of hydrogen-bond acceptors (Lipinski definition) is 4. The van der Waals surface area contributed by atoms with Gasteiger partial charge in [-0.05, 0) is 42.5 Å². The van der Waals surface area contributed by atoms with Gasteiger partial charge in [0.05, 0.1) is 12.5 Å². The standard InChI is InChI=1S/C18H15NO4/c1-11(20)19-13-5-3-12(4-6-13)18-10-16(21)15-9-14(22-2)7-8-17(15)23-18/h3-10H,1-2H3,(H,19,20). The molecule has 5 heteroatoms. The van der Waals surface area contributed by atoms with Gasteiger partial charge in [-0.15, -0.1) is 0 Å². The number of ether oxygens (including phenoxy) is 1. The zero-order valence-electron chi connectivity index (χ0n) is 12.8. The van der Waals surface area contributed by atoms with E-state index in [0.29, 0.717) is 28.2 Å². The Bertz CT molecular complexity index is 926. The van der Waals surface area contributed by atoms with Crippen LogP contribution in [0.4, 0.5) is 5.69 Å². The van der Waals surface area contributed by atoms with Crippen molar-refractivity contribution in [3.8, 4) is 17.1 Å². The highest BCUT2D eigenvalue weighted by Crippen LogP contribution is 2.25. The second-order valence-corrected chi connectivity index (χ2v) is 5.10. The first-order valence-corrected chi connectivity index (χ1v) is 7.07. The lowest BCUT2D eigenvalue weighted by atomic mass is 10.1. The largest absolute Gasteiger partial charge is 0.497 e. The molecule has 0 radical (unpaired) electrons. The van der Waals surface area contributed by atoms with Gasteiger partial charge in [-0.25, -0.2) is 0 Å². The summed E-state index contributed by atoms with van der Waals surface area (Å²) in [5, 5.41) is 3.17. The van der Waals surface area contributed by atoms with Gasteiger partial charge in [-0.3, -0.25) is 9.59 Å².